The topological polar surface area (TPSA) is 26.3 Å². The van der Waals surface area contributed by atoms with Crippen molar-refractivity contribution in [3.63, 3.8) is 0 Å². The summed E-state index contributed by atoms with van der Waals surface area (Å²) in [6.45, 7) is 12.2. The lowest BCUT2D eigenvalue weighted by molar-refractivity contribution is -0.142. The van der Waals surface area contributed by atoms with Gasteiger partial charge in [-0.3, -0.25) is 4.79 Å². The van der Waals surface area contributed by atoms with Gasteiger partial charge >= 0.3 is 5.97 Å². The molecule has 1 aromatic rings. The Bertz CT molecular complexity index is 450. The first-order valence-corrected chi connectivity index (χ1v) is 6.87. The van der Waals surface area contributed by atoms with Crippen LogP contribution in [0.2, 0.25) is 0 Å². The van der Waals surface area contributed by atoms with Crippen molar-refractivity contribution in [1.29, 1.82) is 0 Å². The molecule has 0 heterocycles. The van der Waals surface area contributed by atoms with Gasteiger partial charge in [-0.15, -0.1) is 11.8 Å². The van der Waals surface area contributed by atoms with Gasteiger partial charge in [0.05, 0.1) is 7.11 Å². The van der Waals surface area contributed by atoms with Crippen LogP contribution < -0.4 is 0 Å². The van der Waals surface area contributed by atoms with Crippen LogP contribution >= 0.6 is 11.8 Å². The number of esters is 1. The van der Waals surface area contributed by atoms with Gasteiger partial charge in [-0.1, -0.05) is 6.07 Å². The van der Waals surface area contributed by atoms with Crippen LogP contribution in [-0.2, 0) is 9.53 Å². The van der Waals surface area contributed by atoms with Crippen molar-refractivity contribution in [2.75, 3.05) is 7.11 Å². The van der Waals surface area contributed by atoms with Crippen molar-refractivity contribution >= 4 is 17.7 Å². The average Bonchev–Trinajstić information content (AvgIpc) is 2.31. The monoisotopic (exact) mass is 266 g/mol. The SMILES string of the molecule is COC(=O)C(C)(C)Sc1c(C)c(C)cc(C)c1C. The van der Waals surface area contributed by atoms with Crippen LogP contribution in [0, 0.1) is 27.7 Å². The van der Waals surface area contributed by atoms with Crippen molar-refractivity contribution in [1.82, 2.24) is 0 Å². The molecule has 0 saturated heterocycles. The van der Waals surface area contributed by atoms with E-state index in [1.165, 1.54) is 34.3 Å². The van der Waals surface area contributed by atoms with Gasteiger partial charge in [0.25, 0.3) is 0 Å². The molecule has 0 amide bonds. The highest BCUT2D eigenvalue weighted by Gasteiger charge is 2.31. The molecule has 0 spiro atoms. The lowest BCUT2D eigenvalue weighted by Crippen LogP contribution is -2.29. The Morgan fingerprint density at radius 2 is 1.56 bits per heavy atom. The predicted molar refractivity (Wildman–Crippen MR) is 77.3 cm³/mol. The lowest BCUT2D eigenvalue weighted by atomic mass is 10.0. The van der Waals surface area contributed by atoms with E-state index in [1.807, 2.05) is 13.8 Å². The summed E-state index contributed by atoms with van der Waals surface area (Å²) in [4.78, 5) is 13.0. The quantitative estimate of drug-likeness (QED) is 0.612. The molecule has 0 saturated carbocycles. The van der Waals surface area contributed by atoms with Gasteiger partial charge in [-0.05, 0) is 63.8 Å². The first-order chi connectivity index (χ1) is 8.20. The first kappa shape index (κ1) is 15.1. The zero-order valence-corrected chi connectivity index (χ0v) is 13.1. The highest BCUT2D eigenvalue weighted by Crippen LogP contribution is 2.39. The summed E-state index contributed by atoms with van der Waals surface area (Å²) in [5.41, 5.74) is 5.03. The van der Waals surface area contributed by atoms with Gasteiger partial charge < -0.3 is 4.74 Å². The predicted octanol–water partition coefficient (Wildman–Crippen LogP) is 3.96. The van der Waals surface area contributed by atoms with Crippen molar-refractivity contribution in [3.05, 3.63) is 28.3 Å². The Hall–Kier alpha value is -0.960. The van der Waals surface area contributed by atoms with Crippen molar-refractivity contribution in [2.45, 2.75) is 51.2 Å². The fraction of sp³-hybridized carbons (Fsp3) is 0.533. The van der Waals surface area contributed by atoms with Crippen LogP contribution in [0.5, 0.6) is 0 Å². The molecular formula is C15H22O2S. The minimum atomic E-state index is -0.565. The third-order valence-electron chi connectivity index (χ3n) is 3.33. The summed E-state index contributed by atoms with van der Waals surface area (Å²) in [7, 11) is 1.44. The van der Waals surface area contributed by atoms with Crippen LogP contribution in [0.15, 0.2) is 11.0 Å². The number of ether oxygens (including phenoxy) is 1. The Balaban J connectivity index is 3.23. The van der Waals surface area contributed by atoms with E-state index in [1.54, 1.807) is 11.8 Å². The molecule has 0 aliphatic heterocycles. The number of rotatable bonds is 3. The van der Waals surface area contributed by atoms with Gasteiger partial charge in [0, 0.05) is 4.90 Å². The molecule has 18 heavy (non-hydrogen) atoms. The molecule has 0 radical (unpaired) electrons. The first-order valence-electron chi connectivity index (χ1n) is 6.05. The summed E-state index contributed by atoms with van der Waals surface area (Å²) in [6, 6.07) is 2.19. The molecule has 2 nitrogen and oxygen atoms in total. The fourth-order valence-electron chi connectivity index (χ4n) is 1.88. The normalized spacial score (nSPS) is 11.5. The smallest absolute Gasteiger partial charge is 0.321 e. The summed E-state index contributed by atoms with van der Waals surface area (Å²) in [6.07, 6.45) is 0. The zero-order valence-electron chi connectivity index (χ0n) is 12.3. The Kier molecular flexibility index (Phi) is 4.49. The van der Waals surface area contributed by atoms with Crippen molar-refractivity contribution in [2.24, 2.45) is 0 Å². The highest BCUT2D eigenvalue weighted by atomic mass is 32.2. The van der Waals surface area contributed by atoms with Crippen LogP contribution in [0.25, 0.3) is 0 Å². The number of aryl methyl sites for hydroxylation is 2. The third-order valence-corrected chi connectivity index (χ3v) is 4.82. The maximum atomic E-state index is 11.8. The van der Waals surface area contributed by atoms with E-state index in [0.717, 1.165) is 0 Å². The molecule has 1 aromatic carbocycles. The van der Waals surface area contributed by atoms with Crippen LogP contribution in [-0.4, -0.2) is 17.8 Å². The molecule has 0 N–H and O–H groups in total. The van der Waals surface area contributed by atoms with E-state index in [9.17, 15) is 4.79 Å². The second-order valence-corrected chi connectivity index (χ2v) is 6.83. The van der Waals surface area contributed by atoms with Crippen LogP contribution in [0.1, 0.15) is 36.1 Å². The van der Waals surface area contributed by atoms with Crippen LogP contribution in [0.4, 0.5) is 0 Å². The van der Waals surface area contributed by atoms with Gasteiger partial charge in [0.1, 0.15) is 4.75 Å². The van der Waals surface area contributed by atoms with Gasteiger partial charge in [0.2, 0.25) is 0 Å². The van der Waals surface area contributed by atoms with E-state index >= 15 is 0 Å². The summed E-state index contributed by atoms with van der Waals surface area (Å²) in [5, 5.41) is 0. The number of carbonyl (C=O) groups excluding carboxylic acids is 1. The van der Waals surface area contributed by atoms with Gasteiger partial charge in [-0.2, -0.15) is 0 Å². The number of thioether (sulfide) groups is 1. The highest BCUT2D eigenvalue weighted by molar-refractivity contribution is 8.01. The largest absolute Gasteiger partial charge is 0.468 e. The Labute approximate surface area is 114 Å². The fourth-order valence-corrected chi connectivity index (χ4v) is 3.18. The van der Waals surface area contributed by atoms with E-state index in [2.05, 4.69) is 33.8 Å². The van der Waals surface area contributed by atoms with E-state index in [0.29, 0.717) is 0 Å². The van der Waals surface area contributed by atoms with Gasteiger partial charge in [-0.25, -0.2) is 0 Å². The van der Waals surface area contributed by atoms with Gasteiger partial charge in [0.15, 0.2) is 0 Å². The second kappa shape index (κ2) is 5.35. The molecule has 3 heteroatoms. The molecule has 0 atom stereocenters. The average molecular weight is 266 g/mol. The third kappa shape index (κ3) is 2.89. The molecule has 100 valence electrons. The maximum Gasteiger partial charge on any atom is 0.321 e. The molecule has 0 bridgehead atoms. The molecule has 0 unspecified atom stereocenters. The molecule has 0 aliphatic rings. The van der Waals surface area contributed by atoms with Crippen molar-refractivity contribution in [3.8, 4) is 0 Å². The maximum absolute atomic E-state index is 11.8. The minimum Gasteiger partial charge on any atom is -0.468 e. The zero-order chi connectivity index (χ0) is 14.1. The number of benzene rings is 1. The number of hydrogen-bond donors (Lipinski definition) is 0. The van der Waals surface area contributed by atoms with Crippen LogP contribution in [0.3, 0.4) is 0 Å². The molecule has 0 fully saturated rings. The summed E-state index contributed by atoms with van der Waals surface area (Å²) >= 11 is 1.59. The summed E-state index contributed by atoms with van der Waals surface area (Å²) < 4.78 is 4.30. The van der Waals surface area contributed by atoms with Crippen molar-refractivity contribution < 1.29 is 9.53 Å². The Morgan fingerprint density at radius 3 is 1.94 bits per heavy atom. The molecular weight excluding hydrogens is 244 g/mol. The van der Waals surface area contributed by atoms with E-state index < -0.39 is 4.75 Å². The molecule has 0 aromatic heterocycles. The Morgan fingerprint density at radius 1 is 1.11 bits per heavy atom. The lowest BCUT2D eigenvalue weighted by Gasteiger charge is -2.24. The minimum absolute atomic E-state index is 0.189. The standard InChI is InChI=1S/C15H22O2S/c1-9-8-10(2)12(4)13(11(9)3)18-15(5,6)14(16)17-7/h8H,1-7H3. The summed E-state index contributed by atoms with van der Waals surface area (Å²) in [5.74, 6) is -0.189. The molecule has 0 aliphatic carbocycles. The second-order valence-electron chi connectivity index (χ2n) is 5.19. The number of carbonyl (C=O) groups is 1. The van der Waals surface area contributed by atoms with E-state index in [4.69, 9.17) is 4.74 Å². The number of methoxy groups -OCH3 is 1. The molecule has 1 rings (SSSR count). The number of hydrogen-bond acceptors (Lipinski definition) is 3. The van der Waals surface area contributed by atoms with E-state index in [-0.39, 0.29) is 5.97 Å².